The van der Waals surface area contributed by atoms with E-state index in [1.165, 1.54) is 4.88 Å². The maximum absolute atomic E-state index is 12.9. The normalized spacial score (nSPS) is 18.3. The summed E-state index contributed by atoms with van der Waals surface area (Å²) in [5, 5.41) is 6.48. The van der Waals surface area contributed by atoms with E-state index in [1.54, 1.807) is 23.5 Å². The highest BCUT2D eigenvalue weighted by Crippen LogP contribution is 2.32. The second-order valence-electron chi connectivity index (χ2n) is 7.43. The number of rotatable bonds is 6. The molecule has 0 saturated heterocycles. The van der Waals surface area contributed by atoms with Crippen molar-refractivity contribution in [3.05, 3.63) is 46.5 Å². The summed E-state index contributed by atoms with van der Waals surface area (Å²) in [7, 11) is 0. The number of hydrogen-bond acceptors (Lipinski definition) is 4. The summed E-state index contributed by atoms with van der Waals surface area (Å²) < 4.78 is 0. The van der Waals surface area contributed by atoms with Gasteiger partial charge in [0.2, 0.25) is 5.91 Å². The number of aromatic nitrogens is 1. The van der Waals surface area contributed by atoms with Crippen molar-refractivity contribution in [2.45, 2.75) is 52.5 Å². The maximum atomic E-state index is 12.9. The lowest BCUT2D eigenvalue weighted by Gasteiger charge is -2.23. The van der Waals surface area contributed by atoms with E-state index in [1.807, 2.05) is 32.0 Å². The molecule has 6 heteroatoms. The quantitative estimate of drug-likeness (QED) is 0.788. The summed E-state index contributed by atoms with van der Waals surface area (Å²) in [4.78, 5) is 31.3. The number of carbonyl (C=O) groups excluding carboxylic acids is 2. The Bertz CT molecular complexity index is 803. The van der Waals surface area contributed by atoms with Crippen LogP contribution in [0, 0.1) is 11.8 Å². The minimum Gasteiger partial charge on any atom is -0.340 e. The lowest BCUT2D eigenvalue weighted by Crippen LogP contribution is -2.47. The number of amides is 2. The highest BCUT2D eigenvalue weighted by Gasteiger charge is 2.28. The summed E-state index contributed by atoms with van der Waals surface area (Å²) in [6.45, 7) is 6.24. The summed E-state index contributed by atoms with van der Waals surface area (Å²) in [6.07, 6.45) is 3.94. The van der Waals surface area contributed by atoms with Crippen LogP contribution in [0.1, 0.15) is 54.5 Å². The third-order valence-corrected chi connectivity index (χ3v) is 6.27. The molecular weight excluding hydrogens is 358 g/mol. The zero-order chi connectivity index (χ0) is 19.4. The Morgan fingerprint density at radius 3 is 2.74 bits per heavy atom. The lowest BCUT2D eigenvalue weighted by molar-refractivity contribution is -0.119. The second kappa shape index (κ2) is 8.65. The zero-order valence-corrected chi connectivity index (χ0v) is 16.9. The molecular formula is C21H27N3O2S. The van der Waals surface area contributed by atoms with Gasteiger partial charge >= 0.3 is 0 Å². The standard InChI is InChI=1S/C21H27N3O2S/c1-4-14(3)18(23-19(25)15-8-6-5-7-9-15)20(26)24-21-22-16-11-10-13(2)12-17(16)27-21/h5-9,13-14,18H,4,10-12H2,1-3H3,(H,23,25)(H,22,24,26)/t13-,14+,18-/m1/s1. The summed E-state index contributed by atoms with van der Waals surface area (Å²) in [5.41, 5.74) is 1.67. The van der Waals surface area contributed by atoms with Crippen molar-refractivity contribution in [2.24, 2.45) is 11.8 Å². The van der Waals surface area contributed by atoms with Crippen LogP contribution in [0.25, 0.3) is 0 Å². The molecule has 3 atom stereocenters. The molecule has 5 nitrogen and oxygen atoms in total. The van der Waals surface area contributed by atoms with Crippen LogP contribution in [0.2, 0.25) is 0 Å². The molecule has 1 aliphatic rings. The molecule has 0 aliphatic heterocycles. The lowest BCUT2D eigenvalue weighted by atomic mass is 9.93. The third-order valence-electron chi connectivity index (χ3n) is 5.23. The average molecular weight is 386 g/mol. The van der Waals surface area contributed by atoms with Gasteiger partial charge in [0.1, 0.15) is 6.04 Å². The van der Waals surface area contributed by atoms with Crippen molar-refractivity contribution in [3.63, 3.8) is 0 Å². The topological polar surface area (TPSA) is 71.1 Å². The molecule has 1 aliphatic carbocycles. The van der Waals surface area contributed by atoms with Gasteiger partial charge in [0, 0.05) is 10.4 Å². The molecule has 2 aromatic rings. The van der Waals surface area contributed by atoms with E-state index in [9.17, 15) is 9.59 Å². The maximum Gasteiger partial charge on any atom is 0.251 e. The van der Waals surface area contributed by atoms with Crippen molar-refractivity contribution in [1.29, 1.82) is 0 Å². The number of benzene rings is 1. The van der Waals surface area contributed by atoms with E-state index >= 15 is 0 Å². The highest BCUT2D eigenvalue weighted by atomic mass is 32.1. The SMILES string of the molecule is CC[C@H](C)[C@@H](NC(=O)c1ccccc1)C(=O)Nc1nc2c(s1)C[C@H](C)CC2. The van der Waals surface area contributed by atoms with E-state index < -0.39 is 6.04 Å². The number of hydrogen-bond donors (Lipinski definition) is 2. The number of nitrogens with one attached hydrogen (secondary N) is 2. The Labute approximate surface area is 164 Å². The molecule has 0 saturated carbocycles. The fourth-order valence-electron chi connectivity index (χ4n) is 3.29. The van der Waals surface area contributed by atoms with Crippen LogP contribution in [0.4, 0.5) is 5.13 Å². The van der Waals surface area contributed by atoms with Crippen molar-refractivity contribution in [2.75, 3.05) is 5.32 Å². The smallest absolute Gasteiger partial charge is 0.251 e. The van der Waals surface area contributed by atoms with Gasteiger partial charge < -0.3 is 10.6 Å². The van der Waals surface area contributed by atoms with E-state index in [0.717, 1.165) is 31.4 Å². The molecule has 1 aromatic carbocycles. The molecule has 2 N–H and O–H groups in total. The Morgan fingerprint density at radius 1 is 1.30 bits per heavy atom. The van der Waals surface area contributed by atoms with Gasteiger partial charge in [-0.3, -0.25) is 9.59 Å². The summed E-state index contributed by atoms with van der Waals surface area (Å²) in [5.74, 6) is 0.253. The van der Waals surface area contributed by atoms with E-state index in [-0.39, 0.29) is 17.7 Å². The zero-order valence-electron chi connectivity index (χ0n) is 16.1. The third kappa shape index (κ3) is 4.75. The molecule has 0 spiro atoms. The fraction of sp³-hybridized carbons (Fsp3) is 0.476. The fourth-order valence-corrected chi connectivity index (χ4v) is 4.47. The van der Waals surface area contributed by atoms with Crippen LogP contribution in [0.5, 0.6) is 0 Å². The first-order valence-electron chi connectivity index (χ1n) is 9.63. The van der Waals surface area contributed by atoms with Gasteiger partial charge in [0.15, 0.2) is 5.13 Å². The van der Waals surface area contributed by atoms with Crippen LogP contribution in [0.3, 0.4) is 0 Å². The number of thiazole rings is 1. The molecule has 1 aromatic heterocycles. The van der Waals surface area contributed by atoms with Crippen molar-refractivity contribution in [3.8, 4) is 0 Å². The van der Waals surface area contributed by atoms with Gasteiger partial charge in [-0.2, -0.15) is 0 Å². The van der Waals surface area contributed by atoms with Crippen molar-refractivity contribution >= 4 is 28.3 Å². The van der Waals surface area contributed by atoms with Crippen molar-refractivity contribution < 1.29 is 9.59 Å². The predicted octanol–water partition coefficient (Wildman–Crippen LogP) is 4.05. The Morgan fingerprint density at radius 2 is 2.04 bits per heavy atom. The molecule has 0 fully saturated rings. The number of aryl methyl sites for hydroxylation is 1. The van der Waals surface area contributed by atoms with Crippen LogP contribution in [-0.4, -0.2) is 22.8 Å². The molecule has 0 unspecified atom stereocenters. The van der Waals surface area contributed by atoms with E-state index in [2.05, 4.69) is 22.5 Å². The number of anilines is 1. The Balaban J connectivity index is 1.71. The Hall–Kier alpha value is -2.21. The summed E-state index contributed by atoms with van der Waals surface area (Å²) in [6, 6.07) is 8.39. The molecule has 2 amide bonds. The predicted molar refractivity (Wildman–Crippen MR) is 109 cm³/mol. The average Bonchev–Trinajstić information content (AvgIpc) is 3.07. The van der Waals surface area contributed by atoms with Crippen molar-refractivity contribution in [1.82, 2.24) is 10.3 Å². The van der Waals surface area contributed by atoms with Gasteiger partial charge in [-0.1, -0.05) is 45.4 Å². The number of nitrogens with zero attached hydrogens (tertiary/aromatic N) is 1. The van der Waals surface area contributed by atoms with E-state index in [4.69, 9.17) is 0 Å². The minimum absolute atomic E-state index is 0.0206. The van der Waals surface area contributed by atoms with Gasteiger partial charge in [-0.05, 0) is 43.2 Å². The molecule has 144 valence electrons. The summed E-state index contributed by atoms with van der Waals surface area (Å²) >= 11 is 1.56. The molecule has 0 bridgehead atoms. The van der Waals surface area contributed by atoms with Gasteiger partial charge in [-0.15, -0.1) is 11.3 Å². The second-order valence-corrected chi connectivity index (χ2v) is 8.51. The Kier molecular flexibility index (Phi) is 6.26. The first kappa shape index (κ1) is 19.5. The number of fused-ring (bicyclic) bond motifs is 1. The molecule has 1 heterocycles. The molecule has 27 heavy (non-hydrogen) atoms. The van der Waals surface area contributed by atoms with Crippen LogP contribution >= 0.6 is 11.3 Å². The van der Waals surface area contributed by atoms with Gasteiger partial charge in [-0.25, -0.2) is 4.98 Å². The van der Waals surface area contributed by atoms with Crippen LogP contribution < -0.4 is 10.6 Å². The minimum atomic E-state index is -0.595. The highest BCUT2D eigenvalue weighted by molar-refractivity contribution is 7.15. The van der Waals surface area contributed by atoms with E-state index in [0.29, 0.717) is 16.6 Å². The van der Waals surface area contributed by atoms with Gasteiger partial charge in [0.25, 0.3) is 5.91 Å². The molecule has 0 radical (unpaired) electrons. The largest absolute Gasteiger partial charge is 0.340 e. The molecule has 3 rings (SSSR count). The van der Waals surface area contributed by atoms with Gasteiger partial charge in [0.05, 0.1) is 5.69 Å². The van der Waals surface area contributed by atoms with Crippen LogP contribution in [0.15, 0.2) is 30.3 Å². The first-order valence-corrected chi connectivity index (χ1v) is 10.4. The van der Waals surface area contributed by atoms with Crippen LogP contribution in [-0.2, 0) is 17.6 Å². The monoisotopic (exact) mass is 385 g/mol. The first-order chi connectivity index (χ1) is 13.0. The number of carbonyl (C=O) groups is 2.